The van der Waals surface area contributed by atoms with Gasteiger partial charge in [-0.15, -0.1) is 0 Å². The van der Waals surface area contributed by atoms with E-state index in [0.29, 0.717) is 23.5 Å². The van der Waals surface area contributed by atoms with Crippen molar-refractivity contribution in [3.05, 3.63) is 76.6 Å². The summed E-state index contributed by atoms with van der Waals surface area (Å²) >= 11 is 0. The molecule has 0 aliphatic heterocycles. The van der Waals surface area contributed by atoms with Crippen molar-refractivity contribution in [3.8, 4) is 6.07 Å². The van der Waals surface area contributed by atoms with E-state index in [2.05, 4.69) is 24.4 Å². The molecule has 0 radical (unpaired) electrons. The highest BCUT2D eigenvalue weighted by molar-refractivity contribution is 5.82. The molecule has 0 amide bonds. The third-order valence-electron chi connectivity index (χ3n) is 4.43. The van der Waals surface area contributed by atoms with Crippen LogP contribution in [0.3, 0.4) is 0 Å². The average molecular weight is 349 g/mol. The Labute approximate surface area is 154 Å². The molecule has 3 nitrogen and oxygen atoms in total. The first-order valence-electron chi connectivity index (χ1n) is 8.73. The van der Waals surface area contributed by atoms with Crippen molar-refractivity contribution < 1.29 is 4.39 Å². The molecule has 0 aromatic heterocycles. The van der Waals surface area contributed by atoms with Crippen LogP contribution >= 0.6 is 0 Å². The first-order valence-corrected chi connectivity index (χ1v) is 8.73. The summed E-state index contributed by atoms with van der Waals surface area (Å²) in [6.07, 6.45) is 5.52. The lowest BCUT2D eigenvalue weighted by Gasteiger charge is -2.13. The SMILES string of the molecule is CN/C(=C\C=N)c1cccc(CCC(C)Cc2ccc(C#N)cc2F)c1. The summed E-state index contributed by atoms with van der Waals surface area (Å²) in [6.45, 7) is 2.12. The molecule has 2 rings (SSSR count). The highest BCUT2D eigenvalue weighted by atomic mass is 19.1. The highest BCUT2D eigenvalue weighted by Crippen LogP contribution is 2.20. The molecule has 134 valence electrons. The number of hydrogen-bond donors (Lipinski definition) is 2. The molecule has 0 heterocycles. The van der Waals surface area contributed by atoms with Crippen LogP contribution in [0.1, 0.15) is 35.6 Å². The fraction of sp³-hybridized carbons (Fsp3) is 0.273. The zero-order valence-electron chi connectivity index (χ0n) is 15.2. The topological polar surface area (TPSA) is 59.7 Å². The van der Waals surface area contributed by atoms with Gasteiger partial charge in [0.25, 0.3) is 0 Å². The second-order valence-electron chi connectivity index (χ2n) is 6.46. The van der Waals surface area contributed by atoms with Gasteiger partial charge in [0.15, 0.2) is 0 Å². The van der Waals surface area contributed by atoms with Gasteiger partial charge in [-0.05, 0) is 66.1 Å². The summed E-state index contributed by atoms with van der Waals surface area (Å²) in [5, 5.41) is 19.2. The van der Waals surface area contributed by atoms with Crippen LogP contribution in [0.2, 0.25) is 0 Å². The maximum absolute atomic E-state index is 14.0. The molecule has 4 heteroatoms. The molecule has 1 atom stereocenters. The van der Waals surface area contributed by atoms with Gasteiger partial charge in [-0.3, -0.25) is 0 Å². The van der Waals surface area contributed by atoms with E-state index in [9.17, 15) is 4.39 Å². The van der Waals surface area contributed by atoms with Crippen LogP contribution in [0.25, 0.3) is 5.70 Å². The van der Waals surface area contributed by atoms with E-state index >= 15 is 0 Å². The van der Waals surface area contributed by atoms with Crippen LogP contribution in [-0.2, 0) is 12.8 Å². The van der Waals surface area contributed by atoms with Crippen LogP contribution in [0.15, 0.2) is 48.5 Å². The number of hydrogen-bond acceptors (Lipinski definition) is 3. The van der Waals surface area contributed by atoms with Crippen LogP contribution in [-0.4, -0.2) is 13.3 Å². The van der Waals surface area contributed by atoms with Gasteiger partial charge in [-0.25, -0.2) is 4.39 Å². The molecule has 0 bridgehead atoms. The van der Waals surface area contributed by atoms with Crippen molar-refractivity contribution in [1.82, 2.24) is 5.32 Å². The summed E-state index contributed by atoms with van der Waals surface area (Å²) in [5.74, 6) is 0.0373. The zero-order chi connectivity index (χ0) is 18.9. The normalized spacial score (nSPS) is 12.3. The van der Waals surface area contributed by atoms with Crippen LogP contribution in [0, 0.1) is 28.5 Å². The lowest BCUT2D eigenvalue weighted by molar-refractivity contribution is 0.510. The number of nitrogens with zero attached hydrogens (tertiary/aromatic N) is 1. The number of nitrogens with one attached hydrogen (secondary N) is 2. The van der Waals surface area contributed by atoms with E-state index in [1.54, 1.807) is 18.2 Å². The Morgan fingerprint density at radius 2 is 2.12 bits per heavy atom. The first-order chi connectivity index (χ1) is 12.6. The summed E-state index contributed by atoms with van der Waals surface area (Å²) in [5.41, 5.74) is 4.21. The standard InChI is InChI=1S/C22H24FN3/c1-16(12-19-9-8-18(15-25)14-21(19)23)6-7-17-4-3-5-20(13-17)22(26-2)10-11-24/h3-5,8-11,13-14,16,24,26H,6-7,12H2,1-2H3/b22-10-,24-11?. The van der Waals surface area contributed by atoms with Crippen molar-refractivity contribution >= 4 is 11.9 Å². The summed E-state index contributed by atoms with van der Waals surface area (Å²) in [7, 11) is 1.84. The van der Waals surface area contributed by atoms with Gasteiger partial charge in [0.2, 0.25) is 0 Å². The Hall–Kier alpha value is -2.93. The molecular formula is C22H24FN3. The third-order valence-corrected chi connectivity index (χ3v) is 4.43. The Morgan fingerprint density at radius 1 is 1.31 bits per heavy atom. The molecule has 0 fully saturated rings. The van der Waals surface area contributed by atoms with Crippen LogP contribution in [0.5, 0.6) is 0 Å². The molecule has 0 spiro atoms. The third kappa shape index (κ3) is 5.29. The number of rotatable bonds is 8. The summed E-state index contributed by atoms with van der Waals surface area (Å²) in [6, 6.07) is 14.9. The molecule has 2 aromatic rings. The Balaban J connectivity index is 1.99. The number of halogens is 1. The maximum atomic E-state index is 14.0. The number of benzene rings is 2. The minimum Gasteiger partial charge on any atom is -0.388 e. The molecule has 2 aromatic carbocycles. The van der Waals surface area contributed by atoms with Crippen molar-refractivity contribution in [3.63, 3.8) is 0 Å². The minimum atomic E-state index is -0.298. The van der Waals surface area contributed by atoms with Crippen molar-refractivity contribution in [2.75, 3.05) is 7.05 Å². The van der Waals surface area contributed by atoms with Gasteiger partial charge >= 0.3 is 0 Å². The van der Waals surface area contributed by atoms with Crippen molar-refractivity contribution in [2.45, 2.75) is 26.2 Å². The van der Waals surface area contributed by atoms with E-state index in [-0.39, 0.29) is 5.82 Å². The second kappa shape index (κ2) is 9.53. The maximum Gasteiger partial charge on any atom is 0.127 e. The number of nitriles is 1. The van der Waals surface area contributed by atoms with Gasteiger partial charge in [-0.1, -0.05) is 31.2 Å². The highest BCUT2D eigenvalue weighted by Gasteiger charge is 2.10. The Kier molecular flexibility index (Phi) is 7.11. The lowest BCUT2D eigenvalue weighted by Crippen LogP contribution is -2.06. The number of aryl methyl sites for hydroxylation is 1. The molecular weight excluding hydrogens is 325 g/mol. The zero-order valence-corrected chi connectivity index (χ0v) is 15.2. The van der Waals surface area contributed by atoms with E-state index in [0.717, 1.165) is 24.1 Å². The fourth-order valence-electron chi connectivity index (χ4n) is 2.97. The minimum absolute atomic E-state index is 0.298. The van der Waals surface area contributed by atoms with Gasteiger partial charge in [-0.2, -0.15) is 5.26 Å². The molecule has 1 unspecified atom stereocenters. The van der Waals surface area contributed by atoms with Gasteiger partial charge in [0.05, 0.1) is 11.6 Å². The largest absolute Gasteiger partial charge is 0.388 e. The molecule has 0 saturated carbocycles. The fourth-order valence-corrected chi connectivity index (χ4v) is 2.97. The smallest absolute Gasteiger partial charge is 0.127 e. The van der Waals surface area contributed by atoms with E-state index in [4.69, 9.17) is 10.7 Å². The Morgan fingerprint density at radius 3 is 2.77 bits per heavy atom. The first kappa shape index (κ1) is 19.4. The average Bonchev–Trinajstić information content (AvgIpc) is 2.66. The molecule has 26 heavy (non-hydrogen) atoms. The van der Waals surface area contributed by atoms with Gasteiger partial charge in [0, 0.05) is 19.0 Å². The second-order valence-corrected chi connectivity index (χ2v) is 6.46. The molecule has 2 N–H and O–H groups in total. The van der Waals surface area contributed by atoms with Crippen molar-refractivity contribution in [1.29, 1.82) is 10.7 Å². The van der Waals surface area contributed by atoms with E-state index in [1.807, 2.05) is 25.2 Å². The lowest BCUT2D eigenvalue weighted by atomic mass is 9.93. The van der Waals surface area contributed by atoms with Crippen LogP contribution < -0.4 is 5.32 Å². The monoisotopic (exact) mass is 349 g/mol. The molecule has 0 aliphatic rings. The molecule has 0 saturated heterocycles. The van der Waals surface area contributed by atoms with Crippen molar-refractivity contribution in [2.24, 2.45) is 5.92 Å². The predicted molar refractivity (Wildman–Crippen MR) is 105 cm³/mol. The molecule has 0 aliphatic carbocycles. The summed E-state index contributed by atoms with van der Waals surface area (Å²) in [4.78, 5) is 0. The van der Waals surface area contributed by atoms with E-state index < -0.39 is 0 Å². The predicted octanol–water partition coefficient (Wildman–Crippen LogP) is 4.72. The van der Waals surface area contributed by atoms with Gasteiger partial charge < -0.3 is 10.7 Å². The Bertz CT molecular complexity index is 834. The van der Waals surface area contributed by atoms with Gasteiger partial charge in [0.1, 0.15) is 5.82 Å². The van der Waals surface area contributed by atoms with Crippen LogP contribution in [0.4, 0.5) is 4.39 Å². The summed E-state index contributed by atoms with van der Waals surface area (Å²) < 4.78 is 14.0. The quantitative estimate of drug-likeness (QED) is 0.678. The number of allylic oxidation sites excluding steroid dienone is 1. The van der Waals surface area contributed by atoms with E-state index in [1.165, 1.54) is 17.8 Å².